The van der Waals surface area contributed by atoms with Crippen LogP contribution in [0.2, 0.25) is 0 Å². The molecule has 2 aromatic heterocycles. The van der Waals surface area contributed by atoms with Gasteiger partial charge in [0.15, 0.2) is 5.82 Å². The number of esters is 1. The lowest BCUT2D eigenvalue weighted by molar-refractivity contribution is -0.141. The molecule has 0 spiro atoms. The Balaban J connectivity index is 1.50. The Morgan fingerprint density at radius 2 is 1.77 bits per heavy atom. The first-order chi connectivity index (χ1) is 19.3. The van der Waals surface area contributed by atoms with Crippen LogP contribution in [-0.2, 0) is 9.53 Å². The van der Waals surface area contributed by atoms with Crippen LogP contribution in [0.5, 0.6) is 5.75 Å². The number of methoxy groups -OCH3 is 1. The normalized spacial score (nSPS) is 14.4. The van der Waals surface area contributed by atoms with Crippen LogP contribution in [0.15, 0.2) is 53.5 Å². The smallest absolute Gasteiger partial charge is 0.308 e. The minimum absolute atomic E-state index is 0.0878. The van der Waals surface area contributed by atoms with Gasteiger partial charge in [-0.3, -0.25) is 14.4 Å². The summed E-state index contributed by atoms with van der Waals surface area (Å²) in [6.45, 7) is 7.85. The Morgan fingerprint density at radius 1 is 1.02 bits per heavy atom. The van der Waals surface area contributed by atoms with Crippen molar-refractivity contribution in [3.63, 3.8) is 0 Å². The first-order valence-electron chi connectivity index (χ1n) is 13.4. The molecule has 0 saturated heterocycles. The third-order valence-electron chi connectivity index (χ3n) is 7.17. The fourth-order valence-electron chi connectivity index (χ4n) is 4.92. The van der Waals surface area contributed by atoms with Crippen molar-refractivity contribution in [3.05, 3.63) is 81.7 Å². The van der Waals surface area contributed by atoms with E-state index in [4.69, 9.17) is 14.5 Å². The molecule has 208 valence electrons. The number of ether oxygens (including phenoxy) is 2. The van der Waals surface area contributed by atoms with E-state index in [9.17, 15) is 4.79 Å². The number of carbonyl (C=O) groups excluding carboxylic acids is 1. The van der Waals surface area contributed by atoms with Crippen molar-refractivity contribution in [2.24, 2.45) is 4.99 Å². The van der Waals surface area contributed by atoms with E-state index in [0.29, 0.717) is 12.4 Å². The van der Waals surface area contributed by atoms with Crippen molar-refractivity contribution in [1.82, 2.24) is 19.7 Å². The fraction of sp³-hybridized carbons (Fsp3) is 0.355. The molecule has 2 aromatic carbocycles. The number of carbonyl (C=O) groups is 1. The number of hydrogen-bond acceptors (Lipinski definition) is 8. The molecule has 0 fully saturated rings. The van der Waals surface area contributed by atoms with E-state index in [1.54, 1.807) is 11.3 Å². The Hall–Kier alpha value is -3.82. The van der Waals surface area contributed by atoms with Gasteiger partial charge in [-0.05, 0) is 70.1 Å². The van der Waals surface area contributed by atoms with Gasteiger partial charge in [-0.25, -0.2) is 0 Å². The maximum absolute atomic E-state index is 12.4. The van der Waals surface area contributed by atoms with Gasteiger partial charge in [0.05, 0.1) is 25.8 Å². The summed E-state index contributed by atoms with van der Waals surface area (Å²) < 4.78 is 13.0. The van der Waals surface area contributed by atoms with Gasteiger partial charge in [-0.15, -0.1) is 21.5 Å². The number of nitrogens with zero attached hydrogens (tertiary/aromatic N) is 5. The molecular formula is C31H35N5O3S. The van der Waals surface area contributed by atoms with Crippen LogP contribution in [0.1, 0.15) is 52.1 Å². The molecule has 5 rings (SSSR count). The van der Waals surface area contributed by atoms with Crippen LogP contribution in [-0.4, -0.2) is 65.7 Å². The average molecular weight is 558 g/mol. The first-order valence-corrected chi connectivity index (χ1v) is 14.2. The summed E-state index contributed by atoms with van der Waals surface area (Å²) >= 11 is 1.70. The Bertz CT molecular complexity index is 1550. The van der Waals surface area contributed by atoms with Gasteiger partial charge in [0, 0.05) is 22.5 Å². The molecule has 40 heavy (non-hydrogen) atoms. The highest BCUT2D eigenvalue weighted by molar-refractivity contribution is 7.15. The molecule has 8 nitrogen and oxygen atoms in total. The lowest BCUT2D eigenvalue weighted by Crippen LogP contribution is -2.15. The highest BCUT2D eigenvalue weighted by Gasteiger charge is 2.32. The maximum atomic E-state index is 12.4. The second kappa shape index (κ2) is 11.7. The molecule has 3 heterocycles. The van der Waals surface area contributed by atoms with Crippen molar-refractivity contribution in [2.45, 2.75) is 39.7 Å². The zero-order chi connectivity index (χ0) is 28.4. The van der Waals surface area contributed by atoms with Crippen LogP contribution in [0.25, 0.3) is 16.1 Å². The van der Waals surface area contributed by atoms with Crippen molar-refractivity contribution >= 4 is 23.0 Å². The summed E-state index contributed by atoms with van der Waals surface area (Å²) in [6.07, 6.45) is 1.06. The number of thiophene rings is 1. The molecule has 0 unspecified atom stereocenters. The van der Waals surface area contributed by atoms with Crippen LogP contribution in [0.3, 0.4) is 0 Å². The van der Waals surface area contributed by atoms with Gasteiger partial charge in [0.1, 0.15) is 22.6 Å². The molecule has 0 bridgehead atoms. The van der Waals surface area contributed by atoms with E-state index < -0.39 is 6.04 Å². The zero-order valence-corrected chi connectivity index (χ0v) is 24.7. The maximum Gasteiger partial charge on any atom is 0.308 e. The van der Waals surface area contributed by atoms with Gasteiger partial charge in [0.2, 0.25) is 0 Å². The van der Waals surface area contributed by atoms with Gasteiger partial charge < -0.3 is 14.4 Å². The fourth-order valence-corrected chi connectivity index (χ4v) is 6.14. The first kappa shape index (κ1) is 27.7. The summed E-state index contributed by atoms with van der Waals surface area (Å²) in [6, 6.07) is 16.1. The Kier molecular flexibility index (Phi) is 8.14. The van der Waals surface area contributed by atoms with Gasteiger partial charge in [-0.1, -0.05) is 36.4 Å². The molecule has 1 atom stereocenters. The highest BCUT2D eigenvalue weighted by atomic mass is 32.1. The predicted molar refractivity (Wildman–Crippen MR) is 159 cm³/mol. The molecule has 0 radical (unpaired) electrons. The number of aromatic nitrogens is 3. The molecule has 0 amide bonds. The number of fused-ring (bicyclic) bond motifs is 3. The molecule has 1 aliphatic heterocycles. The van der Waals surface area contributed by atoms with E-state index in [1.807, 2.05) is 23.6 Å². The van der Waals surface area contributed by atoms with E-state index in [-0.39, 0.29) is 12.4 Å². The van der Waals surface area contributed by atoms with Crippen molar-refractivity contribution in [2.75, 3.05) is 34.4 Å². The molecule has 1 aliphatic rings. The number of hydrogen-bond donors (Lipinski definition) is 0. The monoisotopic (exact) mass is 557 g/mol. The molecule has 0 saturated carbocycles. The quantitative estimate of drug-likeness (QED) is 0.194. The summed E-state index contributed by atoms with van der Waals surface area (Å²) in [4.78, 5) is 20.9. The SMILES string of the molecule is COC(=O)C[C@@H]1N=C(c2ccc(-c3cccc(OCCCN(C)C)c3)cc2)c2c(sc(C)c2C)-n2c(C)nnc21. The third kappa shape index (κ3) is 5.57. The van der Waals surface area contributed by atoms with E-state index in [1.165, 1.54) is 17.6 Å². The standard InChI is InChI=1S/C31H35N5O3S/c1-19-20(2)40-31-28(19)29(32-26(18-27(37)38-6)30-34-33-21(3)36(30)31)23-13-11-22(12-14-23)24-9-7-10-25(17-24)39-16-8-15-35(4)5/h7,9-14,17,26H,8,15-16,18H2,1-6H3/t26-/m0/s1. The summed E-state index contributed by atoms with van der Waals surface area (Å²) in [5, 5.41) is 9.80. The van der Waals surface area contributed by atoms with Gasteiger partial charge in [0.25, 0.3) is 0 Å². The largest absolute Gasteiger partial charge is 0.494 e. The minimum Gasteiger partial charge on any atom is -0.494 e. The van der Waals surface area contributed by atoms with Gasteiger partial charge >= 0.3 is 5.97 Å². The lowest BCUT2D eigenvalue weighted by atomic mass is 9.97. The van der Waals surface area contributed by atoms with E-state index in [0.717, 1.165) is 57.5 Å². The van der Waals surface area contributed by atoms with E-state index >= 15 is 0 Å². The molecule has 9 heteroatoms. The number of aryl methyl sites for hydroxylation is 2. The molecule has 0 N–H and O–H groups in total. The summed E-state index contributed by atoms with van der Waals surface area (Å²) in [7, 11) is 5.53. The van der Waals surface area contributed by atoms with Gasteiger partial charge in [-0.2, -0.15) is 0 Å². The highest BCUT2D eigenvalue weighted by Crippen LogP contribution is 2.39. The molecule has 4 aromatic rings. The third-order valence-corrected chi connectivity index (χ3v) is 8.36. The second-order valence-electron chi connectivity index (χ2n) is 10.3. The van der Waals surface area contributed by atoms with Crippen LogP contribution < -0.4 is 4.74 Å². The van der Waals surface area contributed by atoms with E-state index in [2.05, 4.69) is 79.4 Å². The number of aliphatic imine (C=N–C) groups is 1. The van der Waals surface area contributed by atoms with Crippen LogP contribution >= 0.6 is 11.3 Å². The second-order valence-corrected chi connectivity index (χ2v) is 11.5. The summed E-state index contributed by atoms with van der Waals surface area (Å²) in [5.41, 5.74) is 6.23. The zero-order valence-electron chi connectivity index (χ0n) is 23.9. The van der Waals surface area contributed by atoms with Crippen LogP contribution in [0, 0.1) is 20.8 Å². The average Bonchev–Trinajstić information content (AvgIpc) is 3.43. The Morgan fingerprint density at radius 3 is 2.50 bits per heavy atom. The van der Waals surface area contributed by atoms with Crippen LogP contribution in [0.4, 0.5) is 0 Å². The van der Waals surface area contributed by atoms with Crippen molar-refractivity contribution in [1.29, 1.82) is 0 Å². The minimum atomic E-state index is -0.510. The predicted octanol–water partition coefficient (Wildman–Crippen LogP) is 5.71. The lowest BCUT2D eigenvalue weighted by Gasteiger charge is -2.13. The van der Waals surface area contributed by atoms with Crippen molar-refractivity contribution < 1.29 is 14.3 Å². The topological polar surface area (TPSA) is 81.8 Å². The Labute approximate surface area is 239 Å². The summed E-state index contributed by atoms with van der Waals surface area (Å²) in [5.74, 6) is 1.95. The number of rotatable bonds is 9. The molecular weight excluding hydrogens is 522 g/mol. The van der Waals surface area contributed by atoms with Crippen molar-refractivity contribution in [3.8, 4) is 21.9 Å². The number of benzene rings is 2. The molecule has 0 aliphatic carbocycles.